The number of halogens is 17. The molecule has 0 aromatic rings. The SMILES string of the molecule is O=S(=O)(N(CCO)CCO)C(F)(F)C(F)(F)C(F)(F)C(F)(F)C(F)(F)C(F)(F)C(F)(F)C(F)(F)F. The van der Waals surface area contributed by atoms with Crippen LogP contribution in [0.4, 0.5) is 74.6 Å². The van der Waals surface area contributed by atoms with Gasteiger partial charge in [-0.25, -0.2) is 8.42 Å². The van der Waals surface area contributed by atoms with E-state index in [4.69, 9.17) is 10.2 Å². The molecule has 23 heteroatoms. The lowest BCUT2D eigenvalue weighted by Gasteiger charge is -2.43. The average Bonchev–Trinajstić information content (AvgIpc) is 2.65. The monoisotopic (exact) mass is 587 g/mol. The van der Waals surface area contributed by atoms with Crippen molar-refractivity contribution >= 4 is 10.0 Å². The fourth-order valence-electron chi connectivity index (χ4n) is 2.05. The van der Waals surface area contributed by atoms with Crippen LogP contribution in [0.2, 0.25) is 0 Å². The molecule has 0 aliphatic rings. The van der Waals surface area contributed by atoms with E-state index in [0.29, 0.717) is 0 Å². The van der Waals surface area contributed by atoms with Gasteiger partial charge in [0.2, 0.25) is 0 Å². The van der Waals surface area contributed by atoms with E-state index >= 15 is 0 Å². The Morgan fingerprint density at radius 2 is 0.743 bits per heavy atom. The second-order valence-electron chi connectivity index (χ2n) is 6.31. The number of sulfonamides is 1. The van der Waals surface area contributed by atoms with Crippen LogP contribution in [0.1, 0.15) is 0 Å². The van der Waals surface area contributed by atoms with Crippen LogP contribution in [0.5, 0.6) is 0 Å². The summed E-state index contributed by atoms with van der Waals surface area (Å²) in [5.74, 6) is -52.1. The molecule has 0 saturated carbocycles. The van der Waals surface area contributed by atoms with Gasteiger partial charge < -0.3 is 10.2 Å². The molecule has 0 radical (unpaired) electrons. The number of hydrogen-bond donors (Lipinski definition) is 2. The number of nitrogens with zero attached hydrogens (tertiary/aromatic N) is 1. The molecule has 0 atom stereocenters. The van der Waals surface area contributed by atoms with Gasteiger partial charge in [0.25, 0.3) is 10.0 Å². The Labute approximate surface area is 182 Å². The van der Waals surface area contributed by atoms with E-state index in [1.165, 1.54) is 0 Å². The highest BCUT2D eigenvalue weighted by Crippen LogP contribution is 2.64. The van der Waals surface area contributed by atoms with Crippen LogP contribution in [-0.2, 0) is 10.0 Å². The highest BCUT2D eigenvalue weighted by Gasteiger charge is 2.96. The van der Waals surface area contributed by atoms with Crippen LogP contribution < -0.4 is 0 Å². The first kappa shape index (κ1) is 33.6. The third-order valence-corrected chi connectivity index (χ3v) is 6.01. The number of rotatable bonds is 12. The van der Waals surface area contributed by atoms with Crippen LogP contribution in [0.3, 0.4) is 0 Å². The fraction of sp³-hybridized carbons (Fsp3) is 1.00. The predicted octanol–water partition coefficient (Wildman–Crippen LogP) is 3.57. The second-order valence-corrected chi connectivity index (χ2v) is 8.29. The Hall–Kier alpha value is -1.36. The van der Waals surface area contributed by atoms with Crippen molar-refractivity contribution in [3.8, 4) is 0 Å². The number of hydrogen-bond acceptors (Lipinski definition) is 4. The summed E-state index contributed by atoms with van der Waals surface area (Å²) >= 11 is 0. The Kier molecular flexibility index (Phi) is 8.83. The molecule has 0 spiro atoms. The van der Waals surface area contributed by atoms with Crippen LogP contribution in [0, 0.1) is 0 Å². The van der Waals surface area contributed by atoms with Gasteiger partial charge in [-0.05, 0) is 0 Å². The quantitative estimate of drug-likeness (QED) is 0.343. The van der Waals surface area contributed by atoms with E-state index < -0.39 is 87.6 Å². The molecule has 2 N–H and O–H groups in total. The van der Waals surface area contributed by atoms with Crippen molar-refractivity contribution in [3.05, 3.63) is 0 Å². The summed E-state index contributed by atoms with van der Waals surface area (Å²) in [6.45, 7) is -6.74. The minimum atomic E-state index is -8.92. The summed E-state index contributed by atoms with van der Waals surface area (Å²) < 4.78 is 246. The molecule has 0 fully saturated rings. The first-order chi connectivity index (χ1) is 15.0. The summed E-state index contributed by atoms with van der Waals surface area (Å²) in [6, 6.07) is 0. The zero-order chi connectivity index (χ0) is 28.9. The van der Waals surface area contributed by atoms with Crippen LogP contribution in [-0.4, -0.2) is 96.2 Å². The second kappa shape index (κ2) is 9.19. The molecule has 0 amide bonds. The van der Waals surface area contributed by atoms with Gasteiger partial charge in [0.05, 0.1) is 13.2 Å². The molecule has 0 aliphatic heterocycles. The van der Waals surface area contributed by atoms with Gasteiger partial charge in [-0.15, -0.1) is 0 Å². The summed E-state index contributed by atoms with van der Waals surface area (Å²) in [5.41, 5.74) is 0. The lowest BCUT2D eigenvalue weighted by atomic mass is 9.91. The van der Waals surface area contributed by atoms with Crippen molar-refractivity contribution in [1.29, 1.82) is 0 Å². The molecule has 0 aromatic heterocycles. The molecule has 0 rings (SSSR count). The van der Waals surface area contributed by atoms with Gasteiger partial charge in [0.1, 0.15) is 0 Å². The lowest BCUT2D eigenvalue weighted by molar-refractivity contribution is -0.458. The van der Waals surface area contributed by atoms with Crippen LogP contribution in [0.15, 0.2) is 0 Å². The number of aliphatic hydroxyl groups is 2. The van der Waals surface area contributed by atoms with E-state index in [1.54, 1.807) is 0 Å². The molecule has 0 unspecified atom stereocenters. The highest BCUT2D eigenvalue weighted by atomic mass is 32.2. The molecule has 0 heterocycles. The Bertz CT molecular complexity index is 848. The summed E-state index contributed by atoms with van der Waals surface area (Å²) in [7, 11) is -7.50. The smallest absolute Gasteiger partial charge is 0.395 e. The average molecular weight is 587 g/mol. The molecule has 0 bridgehead atoms. The van der Waals surface area contributed by atoms with E-state index in [2.05, 4.69) is 0 Å². The maximum Gasteiger partial charge on any atom is 0.460 e. The van der Waals surface area contributed by atoms with E-state index in [9.17, 15) is 83.1 Å². The molecule has 0 aromatic carbocycles. The Morgan fingerprint density at radius 1 is 0.486 bits per heavy atom. The first-order valence-electron chi connectivity index (χ1n) is 7.95. The third-order valence-electron chi connectivity index (χ3n) is 4.06. The van der Waals surface area contributed by atoms with Crippen molar-refractivity contribution in [2.75, 3.05) is 26.3 Å². The fourth-order valence-corrected chi connectivity index (χ4v) is 3.47. The van der Waals surface area contributed by atoms with E-state index in [0.717, 1.165) is 0 Å². The molecule has 5 nitrogen and oxygen atoms in total. The van der Waals surface area contributed by atoms with Crippen molar-refractivity contribution in [3.63, 3.8) is 0 Å². The van der Waals surface area contributed by atoms with Gasteiger partial charge in [0.15, 0.2) is 0 Å². The summed E-state index contributed by atoms with van der Waals surface area (Å²) in [6.07, 6.45) is -7.91. The van der Waals surface area contributed by atoms with Crippen LogP contribution in [0.25, 0.3) is 0 Å². The first-order valence-corrected chi connectivity index (χ1v) is 9.39. The standard InChI is InChI=1S/C12H10F17NO4S/c13-5(14,7(17,18)9(21,22)11(25,26)27)6(15,16)8(19,20)10(23,24)12(28,29)35(33,34)30(1-3-31)2-4-32/h31-32H,1-4H2. The minimum Gasteiger partial charge on any atom is -0.395 e. The minimum absolute atomic E-state index is 1.17. The molecular formula is C12H10F17NO4S. The molecule has 0 saturated heterocycles. The van der Waals surface area contributed by atoms with E-state index in [-0.39, 0.29) is 0 Å². The molecule has 0 aliphatic carbocycles. The number of aliphatic hydroxyl groups excluding tert-OH is 2. The largest absolute Gasteiger partial charge is 0.460 e. The molecule has 212 valence electrons. The van der Waals surface area contributed by atoms with Gasteiger partial charge >= 0.3 is 47.0 Å². The van der Waals surface area contributed by atoms with Gasteiger partial charge in [0, 0.05) is 13.1 Å². The highest BCUT2D eigenvalue weighted by molar-refractivity contribution is 7.90. The summed E-state index contributed by atoms with van der Waals surface area (Å²) in [4.78, 5) is 0. The Morgan fingerprint density at radius 3 is 1.00 bits per heavy atom. The third kappa shape index (κ3) is 4.49. The predicted molar refractivity (Wildman–Crippen MR) is 75.3 cm³/mol. The van der Waals surface area contributed by atoms with Crippen molar-refractivity contribution in [2.45, 2.75) is 47.0 Å². The topological polar surface area (TPSA) is 77.8 Å². The van der Waals surface area contributed by atoms with Crippen molar-refractivity contribution in [2.24, 2.45) is 0 Å². The lowest BCUT2D eigenvalue weighted by Crippen LogP contribution is -2.75. The number of alkyl halides is 17. The van der Waals surface area contributed by atoms with Gasteiger partial charge in [-0.1, -0.05) is 0 Å². The maximum atomic E-state index is 13.9. The maximum absolute atomic E-state index is 13.9. The van der Waals surface area contributed by atoms with Gasteiger partial charge in [-0.2, -0.15) is 78.9 Å². The van der Waals surface area contributed by atoms with Crippen molar-refractivity contribution in [1.82, 2.24) is 4.31 Å². The molecular weight excluding hydrogens is 577 g/mol. The van der Waals surface area contributed by atoms with Crippen LogP contribution >= 0.6 is 0 Å². The zero-order valence-electron chi connectivity index (χ0n) is 15.8. The Balaban J connectivity index is 7.02. The zero-order valence-corrected chi connectivity index (χ0v) is 16.6. The normalized spacial score (nSPS) is 16.2. The van der Waals surface area contributed by atoms with Gasteiger partial charge in [-0.3, -0.25) is 0 Å². The van der Waals surface area contributed by atoms with Crippen molar-refractivity contribution < 1.29 is 93.3 Å². The molecule has 35 heavy (non-hydrogen) atoms. The van der Waals surface area contributed by atoms with E-state index in [1.807, 2.05) is 0 Å². The summed E-state index contributed by atoms with van der Waals surface area (Å²) in [5, 5.41) is 9.26.